The third-order valence-electron chi connectivity index (χ3n) is 3.23. The van der Waals surface area contributed by atoms with Crippen molar-refractivity contribution in [1.29, 1.82) is 0 Å². The van der Waals surface area contributed by atoms with Crippen molar-refractivity contribution in [3.63, 3.8) is 0 Å². The van der Waals surface area contributed by atoms with Crippen LogP contribution in [0.1, 0.15) is 6.85 Å². The molecule has 0 aliphatic rings. The van der Waals surface area contributed by atoms with Gasteiger partial charge in [-0.3, -0.25) is 0 Å². The van der Waals surface area contributed by atoms with Gasteiger partial charge in [0.15, 0.2) is 0 Å². The van der Waals surface area contributed by atoms with Crippen LogP contribution in [-0.2, 0) is 0 Å². The zero-order chi connectivity index (χ0) is 17.9. The van der Waals surface area contributed by atoms with Crippen LogP contribution in [0.25, 0.3) is 33.1 Å². The summed E-state index contributed by atoms with van der Waals surface area (Å²) in [5, 5.41) is 1.85. The van der Waals surface area contributed by atoms with Gasteiger partial charge in [-0.2, -0.15) is 0 Å². The number of hydrogen-bond acceptors (Lipinski definition) is 1. The molecule has 0 unspecified atom stereocenters. The van der Waals surface area contributed by atoms with Crippen molar-refractivity contribution in [3.05, 3.63) is 71.1 Å². The van der Waals surface area contributed by atoms with Gasteiger partial charge >= 0.3 is 0 Å². The Labute approximate surface area is 132 Å². The first-order valence-electron chi connectivity index (χ1n) is 8.58. The molecule has 0 amide bonds. The van der Waals surface area contributed by atoms with Crippen molar-refractivity contribution < 1.29 is 11.3 Å². The van der Waals surface area contributed by atoms with Crippen LogP contribution < -0.4 is 0 Å². The average molecular weight is 328 g/mol. The Balaban J connectivity index is 2.04. The Kier molecular flexibility index (Phi) is 1.72. The molecule has 0 atom stereocenters. The normalized spacial score (nSPS) is 14.8. The molecule has 3 aromatic carbocycles. The van der Waals surface area contributed by atoms with Crippen LogP contribution in [0.4, 0.5) is 0 Å². The van der Waals surface area contributed by atoms with Gasteiger partial charge in [-0.15, -0.1) is 0 Å². The Morgan fingerprint density at radius 1 is 0.900 bits per heavy atom. The minimum Gasteiger partial charge on any atom is -0.456 e. The Morgan fingerprint density at radius 3 is 2.60 bits per heavy atom. The van der Waals surface area contributed by atoms with Crippen LogP contribution in [0.15, 0.2) is 75.5 Å². The molecule has 20 heavy (non-hydrogen) atoms. The molecule has 0 fully saturated rings. The summed E-state index contributed by atoms with van der Waals surface area (Å²) in [7, 11) is 0. The largest absolute Gasteiger partial charge is 0.456 e. The molecule has 4 aromatic rings. The highest BCUT2D eigenvalue weighted by molar-refractivity contribution is 9.10. The second kappa shape index (κ2) is 4.50. The van der Waals surface area contributed by atoms with E-state index in [1.54, 1.807) is 12.1 Å². The molecule has 0 bridgehead atoms. The second-order valence-corrected chi connectivity index (χ2v) is 5.28. The van der Waals surface area contributed by atoms with Crippen LogP contribution >= 0.6 is 15.9 Å². The maximum Gasteiger partial charge on any atom is 0.136 e. The summed E-state index contributed by atoms with van der Waals surface area (Å²) in [6.07, 6.45) is 0. The SMILES string of the molecule is [2H]c1c([2H])c([2H])c(-c2ccc3c(c2)oc2cccc(Br)c23)c([2H])c1[2H]. The molecule has 1 aromatic heterocycles. The number of rotatable bonds is 1. The van der Waals surface area contributed by atoms with Crippen molar-refractivity contribution in [2.75, 3.05) is 0 Å². The number of fused-ring (bicyclic) bond motifs is 3. The number of benzene rings is 3. The van der Waals surface area contributed by atoms with Gasteiger partial charge < -0.3 is 4.42 Å². The molecule has 2 heteroatoms. The van der Waals surface area contributed by atoms with Gasteiger partial charge in [-0.25, -0.2) is 0 Å². The zero-order valence-corrected chi connectivity index (χ0v) is 11.8. The van der Waals surface area contributed by atoms with Crippen LogP contribution in [-0.4, -0.2) is 0 Å². The third kappa shape index (κ3) is 1.76. The molecule has 0 saturated carbocycles. The fourth-order valence-electron chi connectivity index (χ4n) is 2.33. The third-order valence-corrected chi connectivity index (χ3v) is 3.90. The lowest BCUT2D eigenvalue weighted by Crippen LogP contribution is -1.76. The Morgan fingerprint density at radius 2 is 1.75 bits per heavy atom. The smallest absolute Gasteiger partial charge is 0.136 e. The first-order chi connectivity index (χ1) is 11.9. The molecule has 0 N–H and O–H groups in total. The van der Waals surface area contributed by atoms with E-state index < -0.39 is 6.04 Å². The van der Waals surface area contributed by atoms with E-state index >= 15 is 0 Å². The summed E-state index contributed by atoms with van der Waals surface area (Å²) in [5.74, 6) is 0. The van der Waals surface area contributed by atoms with Gasteiger partial charge in [-0.05, 0) is 35.4 Å². The second-order valence-electron chi connectivity index (χ2n) is 4.43. The molecule has 96 valence electrons. The van der Waals surface area contributed by atoms with Crippen molar-refractivity contribution in [2.24, 2.45) is 0 Å². The number of halogens is 1. The Bertz CT molecular complexity index is 1140. The van der Waals surface area contributed by atoms with Gasteiger partial charge in [0.05, 0.1) is 6.85 Å². The van der Waals surface area contributed by atoms with Crippen molar-refractivity contribution >= 4 is 37.9 Å². The van der Waals surface area contributed by atoms with Crippen LogP contribution in [0.2, 0.25) is 0 Å². The fourth-order valence-corrected chi connectivity index (χ4v) is 2.89. The van der Waals surface area contributed by atoms with Crippen LogP contribution in [0.5, 0.6) is 0 Å². The monoisotopic (exact) mass is 327 g/mol. The molecule has 4 rings (SSSR count). The van der Waals surface area contributed by atoms with Gasteiger partial charge in [0.2, 0.25) is 0 Å². The van der Waals surface area contributed by atoms with Crippen molar-refractivity contribution in [3.8, 4) is 11.1 Å². The van der Waals surface area contributed by atoms with Gasteiger partial charge in [0.1, 0.15) is 11.2 Å². The van der Waals surface area contributed by atoms with E-state index in [-0.39, 0.29) is 29.7 Å². The van der Waals surface area contributed by atoms with E-state index in [9.17, 15) is 0 Å². The highest BCUT2D eigenvalue weighted by Crippen LogP contribution is 2.35. The zero-order valence-electron chi connectivity index (χ0n) is 15.3. The quantitative estimate of drug-likeness (QED) is 0.417. The van der Waals surface area contributed by atoms with E-state index in [0.717, 1.165) is 20.8 Å². The molecule has 1 heterocycles. The summed E-state index contributed by atoms with van der Waals surface area (Å²) in [6, 6.07) is 9.48. The molecule has 1 nitrogen and oxygen atoms in total. The first-order valence-corrected chi connectivity index (χ1v) is 6.87. The summed E-state index contributed by atoms with van der Waals surface area (Å²) in [5.41, 5.74) is 2.03. The molecule has 0 saturated heterocycles. The van der Waals surface area contributed by atoms with Gasteiger partial charge in [0.25, 0.3) is 0 Å². The summed E-state index contributed by atoms with van der Waals surface area (Å²) in [4.78, 5) is 0. The van der Waals surface area contributed by atoms with Crippen molar-refractivity contribution in [1.82, 2.24) is 0 Å². The Hall–Kier alpha value is -2.06. The topological polar surface area (TPSA) is 13.1 Å². The lowest BCUT2D eigenvalue weighted by molar-refractivity contribution is 0.669. The van der Waals surface area contributed by atoms with Crippen LogP contribution in [0.3, 0.4) is 0 Å². The molecule has 0 aliphatic heterocycles. The maximum absolute atomic E-state index is 8.11. The number of furan rings is 1. The predicted octanol–water partition coefficient (Wildman–Crippen LogP) is 6.02. The molecule has 0 spiro atoms. The van der Waals surface area contributed by atoms with E-state index in [1.165, 1.54) is 0 Å². The van der Waals surface area contributed by atoms with E-state index in [2.05, 4.69) is 15.9 Å². The van der Waals surface area contributed by atoms with Crippen LogP contribution in [0, 0.1) is 0 Å². The highest BCUT2D eigenvalue weighted by atomic mass is 79.9. The van der Waals surface area contributed by atoms with Crippen molar-refractivity contribution in [2.45, 2.75) is 0 Å². The minimum atomic E-state index is -0.396. The first kappa shape index (κ1) is 7.65. The summed E-state index contributed by atoms with van der Waals surface area (Å²) in [6.45, 7) is 0. The number of hydrogen-bond donors (Lipinski definition) is 0. The highest BCUT2D eigenvalue weighted by Gasteiger charge is 2.10. The molecular formula is C18H11BrO. The molecular weight excluding hydrogens is 312 g/mol. The van der Waals surface area contributed by atoms with E-state index in [4.69, 9.17) is 11.3 Å². The predicted molar refractivity (Wildman–Crippen MR) is 86.9 cm³/mol. The molecule has 0 aliphatic carbocycles. The fraction of sp³-hybridized carbons (Fsp3) is 0. The summed E-state index contributed by atoms with van der Waals surface area (Å²) < 4.78 is 46.4. The van der Waals surface area contributed by atoms with E-state index in [0.29, 0.717) is 11.1 Å². The summed E-state index contributed by atoms with van der Waals surface area (Å²) >= 11 is 3.52. The lowest BCUT2D eigenvalue weighted by Gasteiger charge is -2.00. The van der Waals surface area contributed by atoms with Gasteiger partial charge in [0, 0.05) is 15.2 Å². The van der Waals surface area contributed by atoms with E-state index in [1.807, 2.05) is 24.3 Å². The maximum atomic E-state index is 8.11. The van der Waals surface area contributed by atoms with Gasteiger partial charge in [-0.1, -0.05) is 58.3 Å². The molecule has 0 radical (unpaired) electrons. The minimum absolute atomic E-state index is 0.174. The lowest BCUT2D eigenvalue weighted by atomic mass is 10.0. The standard InChI is InChI=1S/C18H11BrO/c19-15-7-4-8-16-18(15)14-10-9-13(11-17(14)20-16)12-5-2-1-3-6-12/h1-11H/i1D,2D,3D,5D,6D. The average Bonchev–Trinajstić information content (AvgIpc) is 2.97.